The fourth-order valence-electron chi connectivity index (χ4n) is 7.99. The summed E-state index contributed by atoms with van der Waals surface area (Å²) in [5.41, 5.74) is 10.1. The van der Waals surface area contributed by atoms with E-state index in [4.69, 9.17) is 19.0 Å². The summed E-state index contributed by atoms with van der Waals surface area (Å²) < 4.78 is 17.1. The number of H-pyrrole nitrogens is 1. The highest BCUT2D eigenvalue weighted by molar-refractivity contribution is 9.09. The summed E-state index contributed by atoms with van der Waals surface area (Å²) in [6.45, 7) is 0.664. The fraction of sp³-hybridized carbons (Fsp3) is 0.328. The molecule has 10 rings (SSSR count). The number of nitrogens with zero attached hydrogens (tertiary/aromatic N) is 15. The second-order valence-electron chi connectivity index (χ2n) is 19.9. The number of halogens is 1. The van der Waals surface area contributed by atoms with Crippen LogP contribution in [0.25, 0.3) is 22.3 Å². The van der Waals surface area contributed by atoms with Crippen LogP contribution in [0, 0.1) is 0 Å². The zero-order valence-electron chi connectivity index (χ0n) is 48.7. The Morgan fingerprint density at radius 3 is 1.32 bits per heavy atom. The number of imidazole rings is 2. The monoisotopic (exact) mass is 1210 g/mol. The number of carboxylic acid groups (broad SMARTS) is 1. The van der Waals surface area contributed by atoms with Crippen molar-refractivity contribution in [3.63, 3.8) is 0 Å². The Morgan fingerprint density at radius 2 is 0.940 bits per heavy atom. The van der Waals surface area contributed by atoms with Crippen molar-refractivity contribution in [3.8, 4) is 0 Å². The normalized spacial score (nSPS) is 10.6. The predicted octanol–water partition coefficient (Wildman–Crippen LogP) is 4.85. The lowest BCUT2D eigenvalue weighted by Crippen LogP contribution is -2.22. The van der Waals surface area contributed by atoms with Crippen molar-refractivity contribution in [2.24, 2.45) is 14.1 Å². The van der Waals surface area contributed by atoms with Gasteiger partial charge in [0.1, 0.15) is 25.7 Å². The highest BCUT2D eigenvalue weighted by atomic mass is 79.9. The van der Waals surface area contributed by atoms with Crippen molar-refractivity contribution in [1.82, 2.24) is 58.2 Å². The van der Waals surface area contributed by atoms with Gasteiger partial charge < -0.3 is 47.8 Å². The van der Waals surface area contributed by atoms with Crippen LogP contribution >= 0.6 is 15.9 Å². The molecule has 0 amide bonds. The molecule has 26 heteroatoms. The van der Waals surface area contributed by atoms with Crippen LogP contribution in [0.2, 0.25) is 0 Å². The molecule has 0 unspecified atom stereocenters. The van der Waals surface area contributed by atoms with Crippen LogP contribution in [0.4, 0.5) is 22.7 Å². The van der Waals surface area contributed by atoms with Gasteiger partial charge in [0, 0.05) is 105 Å². The number of aromatic amines is 1. The van der Waals surface area contributed by atoms with E-state index in [9.17, 15) is 24.0 Å². The maximum atomic E-state index is 12.6. The van der Waals surface area contributed by atoms with Crippen LogP contribution in [0.5, 0.6) is 0 Å². The molecular formula is C58H71BrN16O9. The molecule has 3 N–H and O–H groups in total. The Labute approximate surface area is 492 Å². The number of anilines is 4. The molecule has 10 aromatic rings. The Hall–Kier alpha value is -9.43. The van der Waals surface area contributed by atoms with Gasteiger partial charge in [0.25, 0.3) is 11.1 Å². The summed E-state index contributed by atoms with van der Waals surface area (Å²) in [6.07, 6.45) is 8.34. The van der Waals surface area contributed by atoms with Gasteiger partial charge in [0.2, 0.25) is 11.8 Å². The number of aliphatic hydroxyl groups excluding tert-OH is 1. The number of hydrogen-bond acceptors (Lipinski definition) is 18. The molecule has 0 aliphatic heterocycles. The van der Waals surface area contributed by atoms with E-state index in [1.165, 1.54) is 61.6 Å². The van der Waals surface area contributed by atoms with Gasteiger partial charge in [-0.1, -0.05) is 64.5 Å². The van der Waals surface area contributed by atoms with Gasteiger partial charge in [-0.05, 0) is 90.0 Å². The van der Waals surface area contributed by atoms with Crippen LogP contribution in [0.3, 0.4) is 0 Å². The van der Waals surface area contributed by atoms with Crippen LogP contribution in [-0.4, -0.2) is 143 Å². The first-order valence-corrected chi connectivity index (χ1v) is 27.5. The third-order valence-electron chi connectivity index (χ3n) is 12.7. The van der Waals surface area contributed by atoms with Gasteiger partial charge in [-0.25, -0.2) is 34.6 Å². The average molecular weight is 1220 g/mol. The molecule has 6 heterocycles. The topological polar surface area (TPSA) is 283 Å². The molecule has 0 saturated carbocycles. The van der Waals surface area contributed by atoms with E-state index in [0.717, 1.165) is 40.7 Å². The van der Waals surface area contributed by atoms with Crippen LogP contribution in [0.1, 0.15) is 34.0 Å². The number of hydrogen-bond donors (Lipinski definition) is 3. The molecule has 4 aromatic carbocycles. The van der Waals surface area contributed by atoms with E-state index >= 15 is 0 Å². The Balaban J connectivity index is 0.000000178. The molecular weight excluding hydrogens is 1140 g/mol. The zero-order valence-corrected chi connectivity index (χ0v) is 50.3. The van der Waals surface area contributed by atoms with Gasteiger partial charge >= 0.3 is 17.5 Å². The number of aliphatic carboxylic acids is 1. The van der Waals surface area contributed by atoms with Crippen molar-refractivity contribution in [2.45, 2.75) is 45.3 Å². The highest BCUT2D eigenvalue weighted by Gasteiger charge is 2.15. The van der Waals surface area contributed by atoms with E-state index in [1.807, 2.05) is 113 Å². The summed E-state index contributed by atoms with van der Waals surface area (Å²) in [5, 5.41) is 28.2. The van der Waals surface area contributed by atoms with E-state index in [-0.39, 0.29) is 49.0 Å². The number of carboxylic acids is 1. The number of alkyl halides is 1. The third kappa shape index (κ3) is 18.3. The van der Waals surface area contributed by atoms with Gasteiger partial charge in [0.05, 0.1) is 25.6 Å². The summed E-state index contributed by atoms with van der Waals surface area (Å²) in [5.74, 6) is -1.73. The Kier molecular flexibility index (Phi) is 23.2. The molecule has 0 atom stereocenters. The first kappa shape index (κ1) is 63.7. The maximum absolute atomic E-state index is 12.6. The van der Waals surface area contributed by atoms with E-state index in [0.29, 0.717) is 35.3 Å². The van der Waals surface area contributed by atoms with Gasteiger partial charge in [-0.2, -0.15) is 4.68 Å². The molecule has 6 aromatic heterocycles. The van der Waals surface area contributed by atoms with Crippen LogP contribution in [-0.2, 0) is 64.2 Å². The lowest BCUT2D eigenvalue weighted by atomic mass is 10.1. The van der Waals surface area contributed by atoms with E-state index in [1.54, 1.807) is 23.2 Å². The lowest BCUT2D eigenvalue weighted by Gasteiger charge is -2.12. The molecule has 0 radical (unpaired) electrons. The first-order valence-electron chi connectivity index (χ1n) is 26.4. The first-order chi connectivity index (χ1) is 40.1. The second-order valence-corrected chi connectivity index (χ2v) is 20.7. The maximum Gasteiger partial charge on any atom is 0.437 e. The van der Waals surface area contributed by atoms with E-state index in [2.05, 4.69) is 111 Å². The summed E-state index contributed by atoms with van der Waals surface area (Å²) in [4.78, 5) is 82.4. The number of carbonyl (C=O) groups is 1. The van der Waals surface area contributed by atoms with Gasteiger partial charge in [-0.15, -0.1) is 10.2 Å². The molecule has 0 bridgehead atoms. The average Bonchev–Trinajstić information content (AvgIpc) is 3.51. The minimum atomic E-state index is -0.794. The SMILES string of the molecule is CN(C)c1ccc(CC(=O)O)cc1.CN(C)c1ccc(CCBr)cc1.CN(C)c1ccc(CCO)cc1.CN(C)c1ccc(CCn2nc(Cn3cnc4ncn(C)c4c3=O)oc2=O)cc1.Cn1cnc2ncn(Cc3n[nH]c(=O)o3)c(=O)c21. The molecule has 0 aliphatic rings. The van der Waals surface area contributed by atoms with Crippen molar-refractivity contribution in [3.05, 3.63) is 198 Å². The number of aryl methyl sites for hydroxylation is 5. The number of aliphatic hydroxyl groups is 1. The molecule has 0 spiro atoms. The second kappa shape index (κ2) is 30.6. The minimum absolute atomic E-state index is 0.0206. The summed E-state index contributed by atoms with van der Waals surface area (Å²) in [6, 6.07) is 32.5. The van der Waals surface area contributed by atoms with Crippen LogP contribution < -0.4 is 42.2 Å². The van der Waals surface area contributed by atoms with Crippen molar-refractivity contribution < 1.29 is 23.8 Å². The minimum Gasteiger partial charge on any atom is -0.481 e. The van der Waals surface area contributed by atoms with Crippen molar-refractivity contribution in [2.75, 3.05) is 87.9 Å². The van der Waals surface area contributed by atoms with Crippen molar-refractivity contribution >= 4 is 67.0 Å². The standard InChI is InChI=1S/C19H21N7O3.C10H14BrN.C10H13NO2.C10H15NO.C9H8N6O3/c1-23(2)14-6-4-13(5-7-14)8-9-26-19(28)29-15(22-26)10-25-12-21-17-16(18(25)27)24(3)11-20-17;1-12(2)10-5-3-9(4-6-10)7-8-11;1-11(2)9-5-3-8(4-6-9)7-10(12)13;1-11(2)10-5-3-9(4-6-10)7-8-12;1-14-3-10-7-6(14)8(16)15(4-11-7)2-5-12-13-9(17)18-5/h4-7,11-12H,8-10H2,1-3H3;3-6H,7-8H2,1-2H3;3-6H,7H2,1-2H3,(H,12,13);3-6,12H,7-8H2,1-2H3;3-4H,2H2,1H3,(H,13,17). The Morgan fingerprint density at radius 1 is 0.548 bits per heavy atom. The van der Waals surface area contributed by atoms with Gasteiger partial charge in [-0.3, -0.25) is 23.5 Å². The number of aromatic nitrogens is 12. The lowest BCUT2D eigenvalue weighted by molar-refractivity contribution is -0.136. The van der Waals surface area contributed by atoms with Crippen molar-refractivity contribution in [1.29, 1.82) is 0 Å². The third-order valence-corrected chi connectivity index (χ3v) is 13.1. The van der Waals surface area contributed by atoms with Crippen LogP contribution in [0.15, 0.2) is 150 Å². The molecule has 0 aliphatic carbocycles. The molecule has 84 heavy (non-hydrogen) atoms. The summed E-state index contributed by atoms with van der Waals surface area (Å²) >= 11 is 3.42. The predicted molar refractivity (Wildman–Crippen MR) is 328 cm³/mol. The molecule has 25 nitrogen and oxygen atoms in total. The summed E-state index contributed by atoms with van der Waals surface area (Å²) in [7, 11) is 19.4. The molecule has 0 fully saturated rings. The number of fused-ring (bicyclic) bond motifs is 2. The van der Waals surface area contributed by atoms with E-state index < -0.39 is 17.5 Å². The largest absolute Gasteiger partial charge is 0.481 e. The number of nitrogens with one attached hydrogen (secondary N) is 1. The smallest absolute Gasteiger partial charge is 0.437 e. The molecule has 444 valence electrons. The van der Waals surface area contributed by atoms with Gasteiger partial charge in [0.15, 0.2) is 22.3 Å². The Bertz CT molecular complexity index is 3860. The quantitative estimate of drug-likeness (QED) is 0.103. The number of benzene rings is 4. The highest BCUT2D eigenvalue weighted by Crippen LogP contribution is 2.16. The number of rotatable bonds is 17. The fourth-order valence-corrected chi connectivity index (χ4v) is 8.44. The zero-order chi connectivity index (χ0) is 61.0. The molecule has 0 saturated heterocycles.